The van der Waals surface area contributed by atoms with Gasteiger partial charge in [-0.15, -0.1) is 0 Å². The molecule has 0 fully saturated rings. The van der Waals surface area contributed by atoms with E-state index in [0.29, 0.717) is 12.4 Å². The molecule has 0 saturated heterocycles. The zero-order valence-corrected chi connectivity index (χ0v) is 14.8. The largest absolute Gasteiger partial charge is 0.493 e. The molecular weight excluding hydrogens is 320 g/mol. The van der Waals surface area contributed by atoms with Gasteiger partial charge in [-0.1, -0.05) is 45.0 Å². The van der Waals surface area contributed by atoms with Crippen molar-refractivity contribution in [3.8, 4) is 17.3 Å². The third kappa shape index (κ3) is 3.41. The van der Waals surface area contributed by atoms with Crippen LogP contribution < -0.4 is 5.56 Å². The summed E-state index contributed by atoms with van der Waals surface area (Å²) in [7, 11) is 0. The van der Waals surface area contributed by atoms with E-state index >= 15 is 0 Å². The fraction of sp³-hybridized carbons (Fsp3) is 0.263. The van der Waals surface area contributed by atoms with E-state index in [4.69, 9.17) is 0 Å². The molecule has 1 aromatic carbocycles. The third-order valence-electron chi connectivity index (χ3n) is 3.93. The molecule has 24 heavy (non-hydrogen) atoms. The minimum atomic E-state index is -0.261. The maximum absolute atomic E-state index is 12.4. The molecule has 0 bridgehead atoms. The molecule has 5 heteroatoms. The molecule has 0 aliphatic heterocycles. The molecule has 0 unspecified atom stereocenters. The predicted octanol–water partition coefficient (Wildman–Crippen LogP) is 4.02. The van der Waals surface area contributed by atoms with Crippen molar-refractivity contribution in [1.82, 2.24) is 9.55 Å². The molecule has 124 valence electrons. The van der Waals surface area contributed by atoms with E-state index in [9.17, 15) is 9.90 Å². The summed E-state index contributed by atoms with van der Waals surface area (Å²) in [6, 6.07) is 11.3. The zero-order valence-electron chi connectivity index (χ0n) is 14.0. The number of aromatic hydroxyl groups is 1. The molecule has 0 saturated carbocycles. The van der Waals surface area contributed by atoms with Crippen molar-refractivity contribution in [2.24, 2.45) is 0 Å². The average Bonchev–Trinajstić information content (AvgIpc) is 3.03. The Morgan fingerprint density at radius 1 is 1.17 bits per heavy atom. The van der Waals surface area contributed by atoms with Crippen LogP contribution in [0, 0.1) is 0 Å². The number of benzene rings is 1. The van der Waals surface area contributed by atoms with E-state index in [1.807, 2.05) is 29.0 Å². The van der Waals surface area contributed by atoms with Gasteiger partial charge >= 0.3 is 0 Å². The lowest BCUT2D eigenvalue weighted by Crippen LogP contribution is -2.22. The molecule has 4 nitrogen and oxygen atoms in total. The smallest absolute Gasteiger partial charge is 0.257 e. The number of thiophene rings is 1. The minimum absolute atomic E-state index is 0.0945. The minimum Gasteiger partial charge on any atom is -0.493 e. The second kappa shape index (κ2) is 6.24. The van der Waals surface area contributed by atoms with Crippen molar-refractivity contribution >= 4 is 11.3 Å². The summed E-state index contributed by atoms with van der Waals surface area (Å²) in [4.78, 5) is 16.5. The number of hydrogen-bond donors (Lipinski definition) is 1. The highest BCUT2D eigenvalue weighted by atomic mass is 32.1. The van der Waals surface area contributed by atoms with Gasteiger partial charge in [0.1, 0.15) is 5.82 Å². The van der Waals surface area contributed by atoms with Crippen LogP contribution in [-0.2, 0) is 12.0 Å². The molecule has 3 rings (SSSR count). The molecule has 0 spiro atoms. The lowest BCUT2D eigenvalue weighted by molar-refractivity contribution is 0.448. The SMILES string of the molecule is CC(C)(C)c1ccc(Cn2c(-c3ccsc3)nc(O)cc2=O)cc1. The number of nitrogens with zero attached hydrogens (tertiary/aromatic N) is 2. The van der Waals surface area contributed by atoms with Crippen LogP contribution in [-0.4, -0.2) is 14.7 Å². The number of hydrogen-bond acceptors (Lipinski definition) is 4. The predicted molar refractivity (Wildman–Crippen MR) is 97.7 cm³/mol. The lowest BCUT2D eigenvalue weighted by Gasteiger charge is -2.19. The Hall–Kier alpha value is -2.40. The van der Waals surface area contributed by atoms with Crippen molar-refractivity contribution in [2.45, 2.75) is 32.7 Å². The van der Waals surface area contributed by atoms with E-state index in [0.717, 1.165) is 17.2 Å². The van der Waals surface area contributed by atoms with Crippen LogP contribution in [0.5, 0.6) is 5.88 Å². The van der Waals surface area contributed by atoms with Crippen molar-refractivity contribution in [3.63, 3.8) is 0 Å². The quantitative estimate of drug-likeness (QED) is 0.783. The molecule has 0 amide bonds. The summed E-state index contributed by atoms with van der Waals surface area (Å²) in [6.07, 6.45) is 0. The summed E-state index contributed by atoms with van der Waals surface area (Å²) < 4.78 is 1.59. The van der Waals surface area contributed by atoms with Crippen molar-refractivity contribution < 1.29 is 5.11 Å². The van der Waals surface area contributed by atoms with Gasteiger partial charge in [-0.05, 0) is 28.0 Å². The summed E-state index contributed by atoms with van der Waals surface area (Å²) in [6.45, 7) is 6.93. The van der Waals surface area contributed by atoms with Crippen LogP contribution in [0.15, 0.2) is 52.0 Å². The van der Waals surface area contributed by atoms with Crippen LogP contribution in [0.2, 0.25) is 0 Å². The molecule has 1 N–H and O–H groups in total. The maximum Gasteiger partial charge on any atom is 0.257 e. The van der Waals surface area contributed by atoms with Gasteiger partial charge in [0.05, 0.1) is 12.6 Å². The van der Waals surface area contributed by atoms with Gasteiger partial charge in [0, 0.05) is 10.9 Å². The average molecular weight is 340 g/mol. The molecule has 2 heterocycles. The van der Waals surface area contributed by atoms with E-state index in [2.05, 4.69) is 37.9 Å². The van der Waals surface area contributed by atoms with Gasteiger partial charge in [-0.25, -0.2) is 0 Å². The molecule has 0 aliphatic rings. The number of rotatable bonds is 3. The van der Waals surface area contributed by atoms with Crippen molar-refractivity contribution in [3.05, 3.63) is 68.6 Å². The summed E-state index contributed by atoms with van der Waals surface area (Å²) in [5, 5.41) is 13.5. The van der Waals surface area contributed by atoms with Gasteiger partial charge in [0.25, 0.3) is 5.56 Å². The second-order valence-corrected chi connectivity index (χ2v) is 7.60. The van der Waals surface area contributed by atoms with Crippen LogP contribution in [0.1, 0.15) is 31.9 Å². The summed E-state index contributed by atoms with van der Waals surface area (Å²) >= 11 is 1.53. The Morgan fingerprint density at radius 3 is 2.46 bits per heavy atom. The first-order chi connectivity index (χ1) is 11.3. The Kier molecular flexibility index (Phi) is 4.28. The van der Waals surface area contributed by atoms with Gasteiger partial charge in [-0.3, -0.25) is 9.36 Å². The van der Waals surface area contributed by atoms with E-state index in [1.165, 1.54) is 16.9 Å². The van der Waals surface area contributed by atoms with E-state index < -0.39 is 0 Å². The highest BCUT2D eigenvalue weighted by Crippen LogP contribution is 2.24. The van der Waals surface area contributed by atoms with Crippen LogP contribution >= 0.6 is 11.3 Å². The molecule has 0 aliphatic carbocycles. The van der Waals surface area contributed by atoms with Gasteiger partial charge in [0.15, 0.2) is 0 Å². The molecular formula is C19H20N2O2S. The Labute approximate surface area is 145 Å². The van der Waals surface area contributed by atoms with E-state index in [1.54, 1.807) is 4.57 Å². The first-order valence-corrected chi connectivity index (χ1v) is 8.72. The summed E-state index contributed by atoms with van der Waals surface area (Å²) in [5.41, 5.74) is 2.94. The number of aromatic nitrogens is 2. The van der Waals surface area contributed by atoms with E-state index in [-0.39, 0.29) is 16.9 Å². The topological polar surface area (TPSA) is 55.1 Å². The Morgan fingerprint density at radius 2 is 1.88 bits per heavy atom. The highest BCUT2D eigenvalue weighted by molar-refractivity contribution is 7.08. The van der Waals surface area contributed by atoms with Gasteiger partial charge < -0.3 is 5.11 Å². The molecule has 3 aromatic rings. The maximum atomic E-state index is 12.4. The van der Waals surface area contributed by atoms with Crippen LogP contribution in [0.4, 0.5) is 0 Å². The second-order valence-electron chi connectivity index (χ2n) is 6.82. The Bertz CT molecular complexity index is 889. The lowest BCUT2D eigenvalue weighted by atomic mass is 9.87. The zero-order chi connectivity index (χ0) is 17.3. The van der Waals surface area contributed by atoms with Crippen molar-refractivity contribution in [1.29, 1.82) is 0 Å². The summed E-state index contributed by atoms with van der Waals surface area (Å²) in [5.74, 6) is 0.238. The highest BCUT2D eigenvalue weighted by Gasteiger charge is 2.14. The van der Waals surface area contributed by atoms with Gasteiger partial charge in [0.2, 0.25) is 5.88 Å². The van der Waals surface area contributed by atoms with Crippen molar-refractivity contribution in [2.75, 3.05) is 0 Å². The Balaban J connectivity index is 2.00. The molecule has 0 atom stereocenters. The van der Waals surface area contributed by atoms with Crippen LogP contribution in [0.25, 0.3) is 11.4 Å². The third-order valence-corrected chi connectivity index (χ3v) is 4.62. The molecule has 0 radical (unpaired) electrons. The fourth-order valence-corrected chi connectivity index (χ4v) is 3.19. The monoisotopic (exact) mass is 340 g/mol. The first-order valence-electron chi connectivity index (χ1n) is 7.77. The fourth-order valence-electron chi connectivity index (χ4n) is 2.55. The molecule has 2 aromatic heterocycles. The standard InChI is InChI=1S/C19H20N2O2S/c1-19(2,3)15-6-4-13(5-7-15)11-21-17(23)10-16(22)20-18(21)14-8-9-24-12-14/h4-10,12,22H,11H2,1-3H3. The van der Waals surface area contributed by atoms with Crippen LogP contribution in [0.3, 0.4) is 0 Å². The first kappa shape index (κ1) is 16.5. The van der Waals surface area contributed by atoms with Gasteiger partial charge in [-0.2, -0.15) is 16.3 Å². The normalized spacial score (nSPS) is 11.6.